The highest BCUT2D eigenvalue weighted by atomic mass is 16.6. The number of hydrogen-bond acceptors (Lipinski definition) is 3. The highest BCUT2D eigenvalue weighted by Gasteiger charge is 2.09. The number of urea groups is 1. The van der Waals surface area contributed by atoms with E-state index in [4.69, 9.17) is 4.74 Å². The topological polar surface area (TPSA) is 79.5 Å². The molecule has 0 saturated heterocycles. The first kappa shape index (κ1) is 13.7. The fourth-order valence-electron chi connectivity index (χ4n) is 1.81. The minimum absolute atomic E-state index is 0.310. The molecule has 2 rings (SSSR count). The van der Waals surface area contributed by atoms with Gasteiger partial charge in [-0.05, 0) is 12.1 Å². The van der Waals surface area contributed by atoms with Gasteiger partial charge < -0.3 is 20.7 Å². The van der Waals surface area contributed by atoms with E-state index in [1.54, 1.807) is 31.3 Å². The van der Waals surface area contributed by atoms with Gasteiger partial charge in [0.15, 0.2) is 0 Å². The third kappa shape index (κ3) is 2.80. The zero-order valence-corrected chi connectivity index (χ0v) is 11.2. The number of fused-ring (bicyclic) bond motifs is 1. The van der Waals surface area contributed by atoms with Gasteiger partial charge in [0.25, 0.3) is 0 Å². The molecule has 0 spiro atoms. The molecule has 0 heterocycles. The summed E-state index contributed by atoms with van der Waals surface area (Å²) in [7, 11) is 3.03. The maximum absolute atomic E-state index is 11.4. The third-order valence-electron chi connectivity index (χ3n) is 2.76. The van der Waals surface area contributed by atoms with Crippen molar-refractivity contribution in [3.63, 3.8) is 0 Å². The summed E-state index contributed by atoms with van der Waals surface area (Å²) >= 11 is 0. The highest BCUT2D eigenvalue weighted by molar-refractivity contribution is 6.03. The molecule has 0 fully saturated rings. The number of hydrogen-bond donors (Lipinski definition) is 3. The van der Waals surface area contributed by atoms with Crippen LogP contribution in [0.2, 0.25) is 0 Å². The first-order valence-electron chi connectivity index (χ1n) is 6.05. The molecule has 0 aliphatic rings. The number of carbonyl (C=O) groups is 2. The lowest BCUT2D eigenvalue weighted by molar-refractivity contribution is 0.203. The largest absolute Gasteiger partial charge is 0.412 e. The van der Waals surface area contributed by atoms with E-state index in [2.05, 4.69) is 16.0 Å². The summed E-state index contributed by atoms with van der Waals surface area (Å²) in [6.45, 7) is 0. The third-order valence-corrected chi connectivity index (χ3v) is 2.76. The Morgan fingerprint density at radius 1 is 0.950 bits per heavy atom. The van der Waals surface area contributed by atoms with Crippen molar-refractivity contribution in [1.29, 1.82) is 0 Å². The van der Waals surface area contributed by atoms with Gasteiger partial charge in [-0.1, -0.05) is 24.3 Å². The van der Waals surface area contributed by atoms with Crippen molar-refractivity contribution in [3.05, 3.63) is 36.4 Å². The first-order chi connectivity index (χ1) is 9.65. The van der Waals surface area contributed by atoms with E-state index in [9.17, 15) is 9.59 Å². The van der Waals surface area contributed by atoms with Crippen LogP contribution in [0, 0.1) is 0 Å². The number of ether oxygens (including phenoxy) is 1. The van der Waals surface area contributed by atoms with Crippen molar-refractivity contribution in [2.45, 2.75) is 0 Å². The molecule has 2 aromatic carbocycles. The molecule has 0 unspecified atom stereocenters. The van der Waals surface area contributed by atoms with Crippen LogP contribution in [0.5, 0.6) is 5.75 Å². The molecule has 20 heavy (non-hydrogen) atoms. The summed E-state index contributed by atoms with van der Waals surface area (Å²) in [4.78, 5) is 22.7. The Labute approximate surface area is 116 Å². The molecule has 0 radical (unpaired) electrons. The normalized spacial score (nSPS) is 9.90. The molecule has 3 N–H and O–H groups in total. The Morgan fingerprint density at radius 2 is 1.65 bits per heavy atom. The van der Waals surface area contributed by atoms with Crippen molar-refractivity contribution in [1.82, 2.24) is 10.6 Å². The van der Waals surface area contributed by atoms with Gasteiger partial charge in [-0.3, -0.25) is 0 Å². The molecule has 0 atom stereocenters. The molecular formula is C14H15N3O3. The van der Waals surface area contributed by atoms with Crippen molar-refractivity contribution < 1.29 is 14.3 Å². The van der Waals surface area contributed by atoms with Gasteiger partial charge in [-0.15, -0.1) is 0 Å². The maximum Gasteiger partial charge on any atom is 0.412 e. The van der Waals surface area contributed by atoms with E-state index < -0.39 is 6.09 Å². The van der Waals surface area contributed by atoms with E-state index in [1.165, 1.54) is 7.05 Å². The van der Waals surface area contributed by atoms with Gasteiger partial charge in [0.1, 0.15) is 5.75 Å². The van der Waals surface area contributed by atoms with Crippen LogP contribution in [-0.2, 0) is 0 Å². The summed E-state index contributed by atoms with van der Waals surface area (Å²) in [5.41, 5.74) is 0.643. The van der Waals surface area contributed by atoms with Crippen LogP contribution in [0.1, 0.15) is 0 Å². The van der Waals surface area contributed by atoms with Crippen LogP contribution < -0.4 is 20.7 Å². The predicted octanol–water partition coefficient (Wildman–Crippen LogP) is 2.31. The van der Waals surface area contributed by atoms with Gasteiger partial charge in [-0.25, -0.2) is 9.59 Å². The smallest absolute Gasteiger partial charge is 0.410 e. The molecule has 0 saturated carbocycles. The van der Waals surface area contributed by atoms with Gasteiger partial charge >= 0.3 is 12.1 Å². The molecule has 6 nitrogen and oxygen atoms in total. The second-order valence-electron chi connectivity index (χ2n) is 4.00. The van der Waals surface area contributed by atoms with Crippen molar-refractivity contribution in [3.8, 4) is 5.75 Å². The Bertz CT molecular complexity index is 598. The van der Waals surface area contributed by atoms with E-state index in [0.717, 1.165) is 10.8 Å². The van der Waals surface area contributed by atoms with Gasteiger partial charge in [0, 0.05) is 24.9 Å². The zero-order chi connectivity index (χ0) is 14.5. The molecule has 3 amide bonds. The fourth-order valence-corrected chi connectivity index (χ4v) is 1.81. The van der Waals surface area contributed by atoms with Crippen LogP contribution in [0.25, 0.3) is 10.8 Å². The molecule has 0 aromatic heterocycles. The lowest BCUT2D eigenvalue weighted by Gasteiger charge is -2.11. The number of amides is 3. The predicted molar refractivity (Wildman–Crippen MR) is 77.1 cm³/mol. The molecule has 2 aromatic rings. The molecule has 0 aliphatic carbocycles. The summed E-state index contributed by atoms with van der Waals surface area (Å²) in [6, 6.07) is 10.4. The molecular weight excluding hydrogens is 258 g/mol. The molecule has 0 aliphatic heterocycles. The molecule has 104 valence electrons. The van der Waals surface area contributed by atoms with Gasteiger partial charge in [0.05, 0.1) is 5.69 Å². The van der Waals surface area contributed by atoms with Crippen molar-refractivity contribution in [2.24, 2.45) is 0 Å². The van der Waals surface area contributed by atoms with Gasteiger partial charge in [-0.2, -0.15) is 0 Å². The minimum Gasteiger partial charge on any atom is -0.410 e. The zero-order valence-electron chi connectivity index (χ0n) is 11.2. The number of nitrogens with one attached hydrogen (secondary N) is 3. The van der Waals surface area contributed by atoms with Crippen LogP contribution in [0.3, 0.4) is 0 Å². The lowest BCUT2D eigenvalue weighted by Crippen LogP contribution is -2.24. The molecule has 6 heteroatoms. The Kier molecular flexibility index (Phi) is 4.05. The summed E-state index contributed by atoms with van der Waals surface area (Å²) in [5.74, 6) is 0.433. The maximum atomic E-state index is 11.4. The second kappa shape index (κ2) is 5.92. The van der Waals surface area contributed by atoms with Crippen LogP contribution in [0.15, 0.2) is 36.4 Å². The van der Waals surface area contributed by atoms with Gasteiger partial charge in [0.2, 0.25) is 0 Å². The lowest BCUT2D eigenvalue weighted by atomic mass is 10.1. The standard InChI is InChI=1S/C14H15N3O3/c1-15-13(18)17-11-7-3-6-10-9(11)5-4-8-12(10)20-14(19)16-2/h3-8H,1-2H3,(H,16,19)(H2,15,17,18). The number of benzene rings is 2. The summed E-state index contributed by atoms with van der Waals surface area (Å²) in [6.07, 6.45) is -0.540. The van der Waals surface area contributed by atoms with Crippen LogP contribution in [0.4, 0.5) is 15.3 Å². The Morgan fingerprint density at radius 3 is 2.35 bits per heavy atom. The fraction of sp³-hybridized carbons (Fsp3) is 0.143. The van der Waals surface area contributed by atoms with Crippen molar-refractivity contribution >= 4 is 28.6 Å². The number of anilines is 1. The monoisotopic (exact) mass is 273 g/mol. The summed E-state index contributed by atoms with van der Waals surface area (Å²) in [5, 5.41) is 9.13. The minimum atomic E-state index is -0.540. The molecule has 0 bridgehead atoms. The average Bonchev–Trinajstić information content (AvgIpc) is 2.47. The first-order valence-corrected chi connectivity index (χ1v) is 6.05. The van der Waals surface area contributed by atoms with E-state index in [0.29, 0.717) is 11.4 Å². The Balaban J connectivity index is 2.46. The number of carbonyl (C=O) groups excluding carboxylic acids is 2. The van der Waals surface area contributed by atoms with Crippen LogP contribution >= 0.6 is 0 Å². The van der Waals surface area contributed by atoms with E-state index in [-0.39, 0.29) is 6.03 Å². The average molecular weight is 273 g/mol. The van der Waals surface area contributed by atoms with E-state index in [1.807, 2.05) is 12.1 Å². The quantitative estimate of drug-likeness (QED) is 0.785. The highest BCUT2D eigenvalue weighted by Crippen LogP contribution is 2.30. The second-order valence-corrected chi connectivity index (χ2v) is 4.00. The number of rotatable bonds is 2. The van der Waals surface area contributed by atoms with Crippen LogP contribution in [-0.4, -0.2) is 26.2 Å². The Hall–Kier alpha value is -2.76. The summed E-state index contributed by atoms with van der Waals surface area (Å²) < 4.78 is 5.18. The van der Waals surface area contributed by atoms with Crippen molar-refractivity contribution in [2.75, 3.05) is 19.4 Å². The van der Waals surface area contributed by atoms with E-state index >= 15 is 0 Å². The SMILES string of the molecule is CNC(=O)Nc1cccc2c(OC(=O)NC)cccc12.